The molecule has 2 fully saturated rings. The Morgan fingerprint density at radius 2 is 1.95 bits per heavy atom. The average molecular weight is 297 g/mol. The van der Waals surface area contributed by atoms with Crippen molar-refractivity contribution in [3.63, 3.8) is 0 Å². The van der Waals surface area contributed by atoms with E-state index in [1.165, 1.54) is 6.07 Å². The standard InChI is InChI=1S/C15H17F2NO3/c16-10-4-5-11(12(17)9-10)14(19)18-6-2-1-3-13(18)15-20-7-8-21-15/h4-5,9,13,15H,1-3,6-8H2/t13-/m0/s1. The molecule has 2 aliphatic rings. The van der Waals surface area contributed by atoms with Crippen molar-refractivity contribution in [3.05, 3.63) is 35.4 Å². The maximum absolute atomic E-state index is 13.8. The van der Waals surface area contributed by atoms with Crippen LogP contribution in [-0.4, -0.2) is 42.9 Å². The van der Waals surface area contributed by atoms with E-state index < -0.39 is 23.8 Å². The number of rotatable bonds is 2. The second-order valence-corrected chi connectivity index (χ2v) is 5.30. The first kappa shape index (κ1) is 14.4. The summed E-state index contributed by atoms with van der Waals surface area (Å²) >= 11 is 0. The van der Waals surface area contributed by atoms with Gasteiger partial charge in [-0.25, -0.2) is 8.78 Å². The number of amides is 1. The Labute approximate surface area is 121 Å². The summed E-state index contributed by atoms with van der Waals surface area (Å²) in [6, 6.07) is 2.81. The van der Waals surface area contributed by atoms with E-state index in [0.29, 0.717) is 19.8 Å². The number of carbonyl (C=O) groups is 1. The first-order valence-electron chi connectivity index (χ1n) is 7.16. The zero-order valence-electron chi connectivity index (χ0n) is 11.6. The Balaban J connectivity index is 1.83. The summed E-state index contributed by atoms with van der Waals surface area (Å²) in [7, 11) is 0. The minimum atomic E-state index is -0.836. The summed E-state index contributed by atoms with van der Waals surface area (Å²) in [6.07, 6.45) is 2.15. The molecule has 1 amide bonds. The lowest BCUT2D eigenvalue weighted by Crippen LogP contribution is -2.50. The van der Waals surface area contributed by atoms with E-state index in [-0.39, 0.29) is 11.6 Å². The van der Waals surface area contributed by atoms with Crippen LogP contribution in [0.25, 0.3) is 0 Å². The van der Waals surface area contributed by atoms with Gasteiger partial charge < -0.3 is 14.4 Å². The van der Waals surface area contributed by atoms with Crippen LogP contribution in [0.2, 0.25) is 0 Å². The van der Waals surface area contributed by atoms with Crippen molar-refractivity contribution in [2.24, 2.45) is 0 Å². The van der Waals surface area contributed by atoms with Crippen molar-refractivity contribution in [2.45, 2.75) is 31.6 Å². The molecule has 0 radical (unpaired) electrons. The monoisotopic (exact) mass is 297 g/mol. The Hall–Kier alpha value is -1.53. The third kappa shape index (κ3) is 2.91. The van der Waals surface area contributed by atoms with Gasteiger partial charge in [0.05, 0.1) is 24.8 Å². The predicted octanol–water partition coefficient (Wildman–Crippen LogP) is 2.33. The van der Waals surface area contributed by atoms with E-state index in [1.807, 2.05) is 0 Å². The van der Waals surface area contributed by atoms with Crippen molar-refractivity contribution in [3.8, 4) is 0 Å². The van der Waals surface area contributed by atoms with Gasteiger partial charge in [0.1, 0.15) is 11.6 Å². The first-order chi connectivity index (χ1) is 10.2. The van der Waals surface area contributed by atoms with Crippen molar-refractivity contribution in [1.29, 1.82) is 0 Å². The van der Waals surface area contributed by atoms with Crippen LogP contribution in [0.5, 0.6) is 0 Å². The molecule has 6 heteroatoms. The van der Waals surface area contributed by atoms with E-state index in [0.717, 1.165) is 31.4 Å². The molecular formula is C15H17F2NO3. The zero-order chi connectivity index (χ0) is 14.8. The number of hydrogen-bond donors (Lipinski definition) is 0. The van der Waals surface area contributed by atoms with Crippen LogP contribution in [0.4, 0.5) is 8.78 Å². The van der Waals surface area contributed by atoms with Crippen LogP contribution in [0.1, 0.15) is 29.6 Å². The highest BCUT2D eigenvalue weighted by molar-refractivity contribution is 5.94. The van der Waals surface area contributed by atoms with Crippen LogP contribution in [0.15, 0.2) is 18.2 Å². The quantitative estimate of drug-likeness (QED) is 0.841. The third-order valence-electron chi connectivity index (χ3n) is 3.93. The zero-order valence-corrected chi connectivity index (χ0v) is 11.6. The predicted molar refractivity (Wildman–Crippen MR) is 70.7 cm³/mol. The van der Waals surface area contributed by atoms with Crippen LogP contribution in [0, 0.1) is 11.6 Å². The highest BCUT2D eigenvalue weighted by atomic mass is 19.1. The molecule has 0 aromatic heterocycles. The fraction of sp³-hybridized carbons (Fsp3) is 0.533. The summed E-state index contributed by atoms with van der Waals surface area (Å²) in [6.45, 7) is 1.55. The van der Waals surface area contributed by atoms with Gasteiger partial charge in [-0.1, -0.05) is 0 Å². The number of benzene rings is 1. The van der Waals surface area contributed by atoms with Gasteiger partial charge in [-0.2, -0.15) is 0 Å². The van der Waals surface area contributed by atoms with Gasteiger partial charge in [0.2, 0.25) is 0 Å². The second kappa shape index (κ2) is 6.07. The molecule has 0 unspecified atom stereocenters. The average Bonchev–Trinajstić information content (AvgIpc) is 3.01. The highest BCUT2D eigenvalue weighted by Gasteiger charge is 2.37. The third-order valence-corrected chi connectivity index (χ3v) is 3.93. The highest BCUT2D eigenvalue weighted by Crippen LogP contribution is 2.26. The van der Waals surface area contributed by atoms with E-state index in [4.69, 9.17) is 9.47 Å². The van der Waals surface area contributed by atoms with Gasteiger partial charge in [-0.3, -0.25) is 4.79 Å². The number of ether oxygens (including phenoxy) is 2. The molecule has 2 heterocycles. The Kier molecular flexibility index (Phi) is 4.17. The first-order valence-corrected chi connectivity index (χ1v) is 7.16. The van der Waals surface area contributed by atoms with E-state index >= 15 is 0 Å². The molecule has 1 atom stereocenters. The molecule has 0 spiro atoms. The van der Waals surface area contributed by atoms with Crippen molar-refractivity contribution in [1.82, 2.24) is 4.90 Å². The van der Waals surface area contributed by atoms with Gasteiger partial charge in [0.15, 0.2) is 6.29 Å². The van der Waals surface area contributed by atoms with Crippen molar-refractivity contribution < 1.29 is 23.0 Å². The summed E-state index contributed by atoms with van der Waals surface area (Å²) in [5.41, 5.74) is -0.110. The molecule has 4 nitrogen and oxygen atoms in total. The fourth-order valence-electron chi connectivity index (χ4n) is 2.91. The topological polar surface area (TPSA) is 38.8 Å². The maximum Gasteiger partial charge on any atom is 0.257 e. The summed E-state index contributed by atoms with van der Waals surface area (Å²) in [5, 5.41) is 0. The molecule has 0 aliphatic carbocycles. The van der Waals surface area contributed by atoms with Gasteiger partial charge in [-0.15, -0.1) is 0 Å². The largest absolute Gasteiger partial charge is 0.348 e. The molecule has 0 N–H and O–H groups in total. The maximum atomic E-state index is 13.8. The van der Waals surface area contributed by atoms with Gasteiger partial charge in [0, 0.05) is 12.6 Å². The normalized spacial score (nSPS) is 23.5. The smallest absolute Gasteiger partial charge is 0.257 e. The van der Waals surface area contributed by atoms with Crippen LogP contribution in [-0.2, 0) is 9.47 Å². The van der Waals surface area contributed by atoms with Gasteiger partial charge >= 0.3 is 0 Å². The summed E-state index contributed by atoms with van der Waals surface area (Å²) in [4.78, 5) is 14.1. The summed E-state index contributed by atoms with van der Waals surface area (Å²) < 4.78 is 37.8. The lowest BCUT2D eigenvalue weighted by Gasteiger charge is -2.38. The molecule has 3 rings (SSSR count). The SMILES string of the molecule is O=C(c1ccc(F)cc1F)N1CCCC[C@H]1C1OCCO1. The number of piperidine rings is 1. The molecule has 21 heavy (non-hydrogen) atoms. The van der Waals surface area contributed by atoms with Gasteiger partial charge in [0.25, 0.3) is 5.91 Å². The molecular weight excluding hydrogens is 280 g/mol. The van der Waals surface area contributed by atoms with Crippen LogP contribution in [0.3, 0.4) is 0 Å². The Bertz CT molecular complexity index is 532. The lowest BCUT2D eigenvalue weighted by molar-refractivity contribution is -0.100. The number of likely N-dealkylation sites (tertiary alicyclic amines) is 1. The summed E-state index contributed by atoms with van der Waals surface area (Å²) in [5.74, 6) is -1.96. The Morgan fingerprint density at radius 3 is 2.67 bits per heavy atom. The molecule has 114 valence electrons. The number of hydrogen-bond acceptors (Lipinski definition) is 3. The number of carbonyl (C=O) groups excluding carboxylic acids is 1. The van der Waals surface area contributed by atoms with E-state index in [9.17, 15) is 13.6 Å². The van der Waals surface area contributed by atoms with Crippen LogP contribution >= 0.6 is 0 Å². The van der Waals surface area contributed by atoms with Crippen molar-refractivity contribution in [2.75, 3.05) is 19.8 Å². The Morgan fingerprint density at radius 1 is 1.19 bits per heavy atom. The number of halogens is 2. The fourth-order valence-corrected chi connectivity index (χ4v) is 2.91. The molecule has 0 saturated carbocycles. The minimum Gasteiger partial charge on any atom is -0.348 e. The van der Waals surface area contributed by atoms with E-state index in [2.05, 4.69) is 0 Å². The molecule has 0 bridgehead atoms. The molecule has 2 aliphatic heterocycles. The molecule has 2 saturated heterocycles. The lowest BCUT2D eigenvalue weighted by atomic mass is 10.00. The second-order valence-electron chi connectivity index (χ2n) is 5.30. The van der Waals surface area contributed by atoms with Crippen LogP contribution < -0.4 is 0 Å². The minimum absolute atomic E-state index is 0.110. The van der Waals surface area contributed by atoms with Crippen molar-refractivity contribution >= 4 is 5.91 Å². The molecule has 1 aromatic rings. The van der Waals surface area contributed by atoms with E-state index in [1.54, 1.807) is 4.90 Å². The molecule has 1 aromatic carbocycles. The van der Waals surface area contributed by atoms with Gasteiger partial charge in [-0.05, 0) is 31.4 Å². The number of nitrogens with zero attached hydrogens (tertiary/aromatic N) is 1.